The molecule has 0 radical (unpaired) electrons. The Bertz CT molecular complexity index is 1100. The van der Waals surface area contributed by atoms with Gasteiger partial charge in [0.15, 0.2) is 0 Å². The van der Waals surface area contributed by atoms with E-state index in [9.17, 15) is 5.11 Å². The number of thiazole rings is 1. The SMILES string of the molecule is COCc1cn(CCN(CCO)c2ccc(/C=C/c3nc4ccccc4s3)cc2)nn1. The highest BCUT2D eigenvalue weighted by Crippen LogP contribution is 2.23. The van der Waals surface area contributed by atoms with Crippen LogP contribution in [0.3, 0.4) is 0 Å². The fourth-order valence-electron chi connectivity index (χ4n) is 3.30. The van der Waals surface area contributed by atoms with Gasteiger partial charge in [-0.25, -0.2) is 4.98 Å². The van der Waals surface area contributed by atoms with Crippen molar-refractivity contribution in [2.75, 3.05) is 31.7 Å². The minimum Gasteiger partial charge on any atom is -0.395 e. The van der Waals surface area contributed by atoms with Gasteiger partial charge in [0.25, 0.3) is 0 Å². The van der Waals surface area contributed by atoms with Crippen LogP contribution < -0.4 is 4.90 Å². The Kier molecular flexibility index (Phi) is 7.03. The Labute approximate surface area is 185 Å². The smallest absolute Gasteiger partial charge is 0.117 e. The summed E-state index contributed by atoms with van der Waals surface area (Å²) < 4.78 is 8.07. The summed E-state index contributed by atoms with van der Waals surface area (Å²) in [6.45, 7) is 2.49. The van der Waals surface area contributed by atoms with Crippen molar-refractivity contribution in [3.63, 3.8) is 0 Å². The number of nitrogens with zero attached hydrogens (tertiary/aromatic N) is 5. The topological polar surface area (TPSA) is 76.3 Å². The fraction of sp³-hybridized carbons (Fsp3) is 0.261. The van der Waals surface area contributed by atoms with E-state index in [1.807, 2.05) is 30.5 Å². The second kappa shape index (κ2) is 10.3. The summed E-state index contributed by atoms with van der Waals surface area (Å²) in [5.41, 5.74) is 4.00. The summed E-state index contributed by atoms with van der Waals surface area (Å²) in [5, 5.41) is 18.7. The summed E-state index contributed by atoms with van der Waals surface area (Å²) in [5.74, 6) is 0. The third-order valence-corrected chi connectivity index (χ3v) is 5.84. The molecule has 2 aromatic heterocycles. The van der Waals surface area contributed by atoms with E-state index in [0.29, 0.717) is 19.7 Å². The predicted octanol–water partition coefficient (Wildman–Crippen LogP) is 3.70. The van der Waals surface area contributed by atoms with Crippen LogP contribution in [0.5, 0.6) is 0 Å². The molecule has 0 fully saturated rings. The minimum absolute atomic E-state index is 0.0888. The molecule has 0 unspecified atom stereocenters. The van der Waals surface area contributed by atoms with Crippen LogP contribution in [-0.4, -0.2) is 51.9 Å². The van der Waals surface area contributed by atoms with Gasteiger partial charge in [-0.3, -0.25) is 4.68 Å². The number of fused-ring (bicyclic) bond motifs is 1. The summed E-state index contributed by atoms with van der Waals surface area (Å²) in [6, 6.07) is 16.5. The van der Waals surface area contributed by atoms with Gasteiger partial charge in [-0.05, 0) is 35.9 Å². The monoisotopic (exact) mass is 435 g/mol. The molecule has 0 atom stereocenters. The van der Waals surface area contributed by atoms with E-state index >= 15 is 0 Å². The van der Waals surface area contributed by atoms with Crippen molar-refractivity contribution in [1.82, 2.24) is 20.0 Å². The van der Waals surface area contributed by atoms with Crippen LogP contribution in [-0.2, 0) is 17.9 Å². The zero-order chi connectivity index (χ0) is 21.5. The molecule has 4 aromatic rings. The molecule has 0 aliphatic rings. The first-order chi connectivity index (χ1) is 15.2. The number of anilines is 1. The Morgan fingerprint density at radius 1 is 1.10 bits per heavy atom. The molecule has 8 heteroatoms. The molecule has 160 valence electrons. The molecule has 0 aliphatic heterocycles. The van der Waals surface area contributed by atoms with Crippen LogP contribution in [0.25, 0.3) is 22.4 Å². The second-order valence-electron chi connectivity index (χ2n) is 7.06. The molecule has 31 heavy (non-hydrogen) atoms. The number of methoxy groups -OCH3 is 1. The Morgan fingerprint density at radius 2 is 1.94 bits per heavy atom. The number of ether oxygens (including phenoxy) is 1. The maximum atomic E-state index is 9.48. The van der Waals surface area contributed by atoms with Gasteiger partial charge in [-0.2, -0.15) is 0 Å². The van der Waals surface area contributed by atoms with E-state index in [4.69, 9.17) is 4.74 Å². The normalized spacial score (nSPS) is 11.5. The third-order valence-electron chi connectivity index (χ3n) is 4.83. The van der Waals surface area contributed by atoms with Crippen LogP contribution in [0.1, 0.15) is 16.3 Å². The van der Waals surface area contributed by atoms with Gasteiger partial charge in [-0.1, -0.05) is 35.6 Å². The summed E-state index contributed by atoms with van der Waals surface area (Å²) in [4.78, 5) is 6.78. The number of hydrogen-bond acceptors (Lipinski definition) is 7. The van der Waals surface area contributed by atoms with E-state index in [-0.39, 0.29) is 6.61 Å². The number of para-hydroxylation sites is 1. The van der Waals surface area contributed by atoms with Crippen LogP contribution in [0, 0.1) is 0 Å². The fourth-order valence-corrected chi connectivity index (χ4v) is 4.17. The van der Waals surface area contributed by atoms with E-state index in [1.54, 1.807) is 23.1 Å². The maximum absolute atomic E-state index is 9.48. The summed E-state index contributed by atoms with van der Waals surface area (Å²) in [6.07, 6.45) is 6.01. The minimum atomic E-state index is 0.0888. The summed E-state index contributed by atoms with van der Waals surface area (Å²) >= 11 is 1.69. The van der Waals surface area contributed by atoms with Crippen molar-refractivity contribution in [2.45, 2.75) is 13.2 Å². The van der Waals surface area contributed by atoms with Gasteiger partial charge >= 0.3 is 0 Å². The van der Waals surface area contributed by atoms with E-state index in [0.717, 1.165) is 34.0 Å². The number of rotatable bonds is 10. The van der Waals surface area contributed by atoms with Gasteiger partial charge in [0.1, 0.15) is 10.7 Å². The van der Waals surface area contributed by atoms with Gasteiger partial charge in [-0.15, -0.1) is 16.4 Å². The standard InChI is InChI=1S/C23H25N5O2S/c1-30-17-19-16-28(26-25-19)13-12-27(14-15-29)20-9-6-18(7-10-20)8-11-23-24-21-4-2-3-5-22(21)31-23/h2-11,16,29H,12-15,17H2,1H3/b11-8+. The maximum Gasteiger partial charge on any atom is 0.117 e. The molecule has 2 aromatic carbocycles. The lowest BCUT2D eigenvalue weighted by atomic mass is 10.2. The second-order valence-corrected chi connectivity index (χ2v) is 8.12. The third kappa shape index (κ3) is 5.55. The first-order valence-electron chi connectivity index (χ1n) is 10.1. The Morgan fingerprint density at radius 3 is 2.71 bits per heavy atom. The highest BCUT2D eigenvalue weighted by atomic mass is 32.1. The lowest BCUT2D eigenvalue weighted by molar-refractivity contribution is 0.181. The van der Waals surface area contributed by atoms with Crippen molar-refractivity contribution in [2.24, 2.45) is 0 Å². The lowest BCUT2D eigenvalue weighted by Crippen LogP contribution is -2.30. The first-order valence-corrected chi connectivity index (χ1v) is 10.9. The number of benzene rings is 2. The zero-order valence-electron chi connectivity index (χ0n) is 17.4. The average molecular weight is 436 g/mol. The van der Waals surface area contributed by atoms with Gasteiger partial charge in [0.2, 0.25) is 0 Å². The Balaban J connectivity index is 1.40. The molecule has 0 spiro atoms. The highest BCUT2D eigenvalue weighted by Gasteiger charge is 2.08. The molecule has 0 saturated carbocycles. The van der Waals surface area contributed by atoms with Crippen LogP contribution in [0.4, 0.5) is 5.69 Å². The molecule has 0 aliphatic carbocycles. The van der Waals surface area contributed by atoms with Crippen LogP contribution in [0.15, 0.2) is 54.7 Å². The Hall–Kier alpha value is -3.07. The van der Waals surface area contributed by atoms with E-state index in [2.05, 4.69) is 56.6 Å². The quantitative estimate of drug-likeness (QED) is 0.409. The van der Waals surface area contributed by atoms with Crippen LogP contribution in [0.2, 0.25) is 0 Å². The molecule has 7 nitrogen and oxygen atoms in total. The largest absolute Gasteiger partial charge is 0.395 e. The first kappa shape index (κ1) is 21.2. The van der Waals surface area contributed by atoms with Gasteiger partial charge in [0, 0.05) is 25.9 Å². The summed E-state index contributed by atoms with van der Waals surface area (Å²) in [7, 11) is 1.64. The number of aromatic nitrogens is 4. The molecule has 2 heterocycles. The molecule has 0 saturated heterocycles. The molecule has 4 rings (SSSR count). The van der Waals surface area contributed by atoms with Crippen molar-refractivity contribution in [1.29, 1.82) is 0 Å². The van der Waals surface area contributed by atoms with Crippen molar-refractivity contribution >= 4 is 39.4 Å². The van der Waals surface area contributed by atoms with Crippen molar-refractivity contribution in [3.8, 4) is 0 Å². The average Bonchev–Trinajstić information content (AvgIpc) is 3.42. The molecule has 1 N–H and O–H groups in total. The highest BCUT2D eigenvalue weighted by molar-refractivity contribution is 7.19. The van der Waals surface area contributed by atoms with Crippen molar-refractivity contribution in [3.05, 3.63) is 71.0 Å². The number of aliphatic hydroxyl groups excluding tert-OH is 1. The van der Waals surface area contributed by atoms with Gasteiger partial charge < -0.3 is 14.7 Å². The van der Waals surface area contributed by atoms with E-state index in [1.165, 1.54) is 4.70 Å². The zero-order valence-corrected chi connectivity index (χ0v) is 18.2. The van der Waals surface area contributed by atoms with Gasteiger partial charge in [0.05, 0.1) is 36.2 Å². The lowest BCUT2D eigenvalue weighted by Gasteiger charge is -2.24. The molecular formula is C23H25N5O2S. The number of aliphatic hydroxyl groups is 1. The van der Waals surface area contributed by atoms with Crippen LogP contribution >= 0.6 is 11.3 Å². The van der Waals surface area contributed by atoms with E-state index < -0.39 is 0 Å². The molecular weight excluding hydrogens is 410 g/mol. The molecule has 0 amide bonds. The molecule has 0 bridgehead atoms. The van der Waals surface area contributed by atoms with Crippen molar-refractivity contribution < 1.29 is 9.84 Å². The number of hydrogen-bond donors (Lipinski definition) is 1. The predicted molar refractivity (Wildman–Crippen MR) is 125 cm³/mol.